The average Bonchev–Trinajstić information content (AvgIpc) is 2.29. The third-order valence-electron chi connectivity index (χ3n) is 3.57. The normalized spacial score (nSPS) is 25.6. The van der Waals surface area contributed by atoms with Gasteiger partial charge in [-0.25, -0.2) is 0 Å². The van der Waals surface area contributed by atoms with E-state index in [2.05, 4.69) is 12.2 Å². The van der Waals surface area contributed by atoms with Gasteiger partial charge in [0.15, 0.2) is 0 Å². The third-order valence-corrected chi connectivity index (χ3v) is 3.57. The molecule has 0 saturated carbocycles. The summed E-state index contributed by atoms with van der Waals surface area (Å²) in [6.45, 7) is 3.19. The molecular formula is C13H26N2O. The molecular weight excluding hydrogens is 200 g/mol. The lowest BCUT2D eigenvalue weighted by Gasteiger charge is -2.28. The topological polar surface area (TPSA) is 55.1 Å². The Bertz CT molecular complexity index is 206. The van der Waals surface area contributed by atoms with Crippen LogP contribution in [0.1, 0.15) is 58.3 Å². The first-order valence-electron chi connectivity index (χ1n) is 6.76. The Balaban J connectivity index is 2.10. The molecule has 2 unspecified atom stereocenters. The summed E-state index contributed by atoms with van der Waals surface area (Å²) in [6, 6.07) is -0.0746. The minimum absolute atomic E-state index is 0.0746. The van der Waals surface area contributed by atoms with Crippen LogP contribution in [-0.4, -0.2) is 18.5 Å². The van der Waals surface area contributed by atoms with Crippen molar-refractivity contribution in [3.05, 3.63) is 0 Å². The summed E-state index contributed by atoms with van der Waals surface area (Å²) in [5, 5.41) is 3.18. The van der Waals surface area contributed by atoms with Gasteiger partial charge in [0.1, 0.15) is 0 Å². The first kappa shape index (κ1) is 13.5. The van der Waals surface area contributed by atoms with E-state index in [0.29, 0.717) is 5.92 Å². The zero-order valence-corrected chi connectivity index (χ0v) is 10.5. The number of amides is 1. The molecule has 0 aromatic heterocycles. The van der Waals surface area contributed by atoms with Crippen LogP contribution in [-0.2, 0) is 4.79 Å². The molecule has 1 aliphatic rings. The first-order chi connectivity index (χ1) is 7.74. The van der Waals surface area contributed by atoms with Crippen LogP contribution < -0.4 is 11.1 Å². The van der Waals surface area contributed by atoms with Crippen LogP contribution in [0.5, 0.6) is 0 Å². The van der Waals surface area contributed by atoms with E-state index in [-0.39, 0.29) is 11.9 Å². The highest BCUT2D eigenvalue weighted by Crippen LogP contribution is 2.22. The van der Waals surface area contributed by atoms with Crippen molar-refractivity contribution in [1.29, 1.82) is 0 Å². The van der Waals surface area contributed by atoms with E-state index in [1.165, 1.54) is 44.9 Å². The Morgan fingerprint density at radius 2 is 2.06 bits per heavy atom. The number of carbonyl (C=O) groups is 1. The van der Waals surface area contributed by atoms with E-state index in [0.717, 1.165) is 13.0 Å². The van der Waals surface area contributed by atoms with Gasteiger partial charge in [0.2, 0.25) is 5.91 Å². The van der Waals surface area contributed by atoms with Gasteiger partial charge in [-0.2, -0.15) is 0 Å². The predicted octanol–water partition coefficient (Wildman–Crippen LogP) is 2.20. The molecule has 1 saturated heterocycles. The van der Waals surface area contributed by atoms with E-state index in [4.69, 9.17) is 5.73 Å². The van der Waals surface area contributed by atoms with E-state index in [9.17, 15) is 4.79 Å². The summed E-state index contributed by atoms with van der Waals surface area (Å²) in [7, 11) is 0. The minimum Gasteiger partial charge on any atom is -0.368 e. The maximum atomic E-state index is 11.1. The number of hydrogen-bond donors (Lipinski definition) is 2. The minimum atomic E-state index is -0.185. The maximum absolute atomic E-state index is 11.1. The van der Waals surface area contributed by atoms with E-state index in [1.807, 2.05) is 0 Å². The monoisotopic (exact) mass is 226 g/mol. The SMILES string of the molecule is CCCCCCCC1CCNC(C(N)=O)C1. The largest absolute Gasteiger partial charge is 0.368 e. The van der Waals surface area contributed by atoms with Crippen LogP contribution in [0.25, 0.3) is 0 Å². The van der Waals surface area contributed by atoms with Crippen molar-refractivity contribution in [3.8, 4) is 0 Å². The quantitative estimate of drug-likeness (QED) is 0.654. The van der Waals surface area contributed by atoms with Gasteiger partial charge in [-0.15, -0.1) is 0 Å². The van der Waals surface area contributed by atoms with Crippen molar-refractivity contribution < 1.29 is 4.79 Å². The van der Waals surface area contributed by atoms with Crippen molar-refractivity contribution in [2.24, 2.45) is 11.7 Å². The van der Waals surface area contributed by atoms with Gasteiger partial charge in [-0.3, -0.25) is 4.79 Å². The Labute approximate surface area is 99.2 Å². The van der Waals surface area contributed by atoms with Gasteiger partial charge in [-0.05, 0) is 25.3 Å². The van der Waals surface area contributed by atoms with Crippen LogP contribution in [0, 0.1) is 5.92 Å². The second-order valence-electron chi connectivity index (χ2n) is 5.00. The third kappa shape index (κ3) is 4.97. The molecule has 3 nitrogen and oxygen atoms in total. The Hall–Kier alpha value is -0.570. The number of nitrogens with one attached hydrogen (secondary N) is 1. The highest BCUT2D eigenvalue weighted by atomic mass is 16.1. The number of rotatable bonds is 7. The summed E-state index contributed by atoms with van der Waals surface area (Å²) in [5.74, 6) is 0.524. The van der Waals surface area contributed by atoms with Crippen molar-refractivity contribution in [2.75, 3.05) is 6.54 Å². The van der Waals surface area contributed by atoms with Crippen molar-refractivity contribution in [1.82, 2.24) is 5.32 Å². The molecule has 0 radical (unpaired) electrons. The van der Waals surface area contributed by atoms with Gasteiger partial charge in [0, 0.05) is 0 Å². The van der Waals surface area contributed by atoms with Gasteiger partial charge in [0.25, 0.3) is 0 Å². The highest BCUT2D eigenvalue weighted by Gasteiger charge is 2.24. The summed E-state index contributed by atoms with van der Waals surface area (Å²) in [4.78, 5) is 11.1. The Morgan fingerprint density at radius 1 is 1.31 bits per heavy atom. The first-order valence-corrected chi connectivity index (χ1v) is 6.76. The van der Waals surface area contributed by atoms with E-state index in [1.54, 1.807) is 0 Å². The van der Waals surface area contributed by atoms with E-state index < -0.39 is 0 Å². The summed E-state index contributed by atoms with van der Waals surface area (Å²) in [5.41, 5.74) is 5.32. The standard InChI is InChI=1S/C13H26N2O/c1-2-3-4-5-6-7-11-8-9-15-12(10-11)13(14)16/h11-12,15H,2-10H2,1H3,(H2,14,16). The van der Waals surface area contributed by atoms with Crippen LogP contribution in [0.2, 0.25) is 0 Å². The van der Waals surface area contributed by atoms with Crippen molar-refractivity contribution >= 4 is 5.91 Å². The molecule has 1 aliphatic heterocycles. The number of hydrogen-bond acceptors (Lipinski definition) is 2. The molecule has 0 bridgehead atoms. The summed E-state index contributed by atoms with van der Waals surface area (Å²) in [6.07, 6.45) is 10.1. The molecule has 16 heavy (non-hydrogen) atoms. The second-order valence-corrected chi connectivity index (χ2v) is 5.00. The van der Waals surface area contributed by atoms with Crippen LogP contribution in [0.3, 0.4) is 0 Å². The molecule has 0 aliphatic carbocycles. The van der Waals surface area contributed by atoms with Gasteiger partial charge >= 0.3 is 0 Å². The van der Waals surface area contributed by atoms with Gasteiger partial charge in [-0.1, -0.05) is 45.4 Å². The number of piperidine rings is 1. The van der Waals surface area contributed by atoms with Crippen molar-refractivity contribution in [3.63, 3.8) is 0 Å². The predicted molar refractivity (Wildman–Crippen MR) is 67.1 cm³/mol. The number of unbranched alkanes of at least 4 members (excludes halogenated alkanes) is 4. The van der Waals surface area contributed by atoms with Crippen LogP contribution >= 0.6 is 0 Å². The molecule has 0 aromatic carbocycles. The summed E-state index contributed by atoms with van der Waals surface area (Å²) < 4.78 is 0. The lowest BCUT2D eigenvalue weighted by molar-refractivity contribution is -0.120. The van der Waals surface area contributed by atoms with E-state index >= 15 is 0 Å². The lowest BCUT2D eigenvalue weighted by Crippen LogP contribution is -2.46. The molecule has 1 fully saturated rings. The van der Waals surface area contributed by atoms with Crippen LogP contribution in [0.4, 0.5) is 0 Å². The maximum Gasteiger partial charge on any atom is 0.234 e. The fourth-order valence-electron chi connectivity index (χ4n) is 2.51. The fourth-order valence-corrected chi connectivity index (χ4v) is 2.51. The molecule has 94 valence electrons. The molecule has 2 atom stereocenters. The second kappa shape index (κ2) is 7.66. The zero-order valence-electron chi connectivity index (χ0n) is 10.5. The molecule has 1 rings (SSSR count). The summed E-state index contributed by atoms with van der Waals surface area (Å²) >= 11 is 0. The number of nitrogens with two attached hydrogens (primary N) is 1. The lowest BCUT2D eigenvalue weighted by atomic mass is 9.87. The number of primary amides is 1. The van der Waals surface area contributed by atoms with Crippen molar-refractivity contribution in [2.45, 2.75) is 64.3 Å². The Morgan fingerprint density at radius 3 is 2.75 bits per heavy atom. The van der Waals surface area contributed by atoms with Crippen LogP contribution in [0.15, 0.2) is 0 Å². The van der Waals surface area contributed by atoms with Gasteiger partial charge in [0.05, 0.1) is 6.04 Å². The molecule has 0 spiro atoms. The number of carbonyl (C=O) groups excluding carboxylic acids is 1. The molecule has 3 heteroatoms. The smallest absolute Gasteiger partial charge is 0.234 e. The molecule has 1 amide bonds. The fraction of sp³-hybridized carbons (Fsp3) is 0.923. The highest BCUT2D eigenvalue weighted by molar-refractivity contribution is 5.79. The average molecular weight is 226 g/mol. The Kier molecular flexibility index (Phi) is 6.46. The molecule has 3 N–H and O–H groups in total. The van der Waals surface area contributed by atoms with Gasteiger partial charge < -0.3 is 11.1 Å². The zero-order chi connectivity index (χ0) is 11.8. The molecule has 0 aromatic rings. The molecule has 1 heterocycles.